The van der Waals surface area contributed by atoms with Gasteiger partial charge in [-0.05, 0) is 31.8 Å². The normalized spacial score (nSPS) is 27.4. The first-order valence-electron chi connectivity index (χ1n) is 4.15. The van der Waals surface area contributed by atoms with Crippen molar-refractivity contribution in [3.05, 3.63) is 11.6 Å². The summed E-state index contributed by atoms with van der Waals surface area (Å²) in [7, 11) is 0. The molecule has 0 aromatic carbocycles. The zero-order chi connectivity index (χ0) is 7.40. The van der Waals surface area contributed by atoms with Gasteiger partial charge in [0.05, 0.1) is 6.10 Å². The van der Waals surface area contributed by atoms with Gasteiger partial charge in [-0.25, -0.2) is 0 Å². The molecule has 1 heteroatoms. The minimum atomic E-state index is 0.454. The van der Waals surface area contributed by atoms with Crippen molar-refractivity contribution >= 4 is 0 Å². The molecule has 1 saturated heterocycles. The second-order valence-electron chi connectivity index (χ2n) is 2.72. The lowest BCUT2D eigenvalue weighted by Gasteiger charge is -2.11. The molecule has 1 aliphatic heterocycles. The van der Waals surface area contributed by atoms with Crippen LogP contribution in [-0.2, 0) is 4.74 Å². The third-order valence-corrected chi connectivity index (χ3v) is 2.12. The number of allylic oxidation sites excluding steroid dienone is 1. The number of hydrogen-bond acceptors (Lipinski definition) is 1. The number of hydrogen-bond donors (Lipinski definition) is 0. The monoisotopic (exact) mass is 140 g/mol. The van der Waals surface area contributed by atoms with Crippen LogP contribution in [0.5, 0.6) is 0 Å². The average Bonchev–Trinajstić information content (AvgIpc) is 2.43. The van der Waals surface area contributed by atoms with E-state index in [1.165, 1.54) is 18.4 Å². The minimum absolute atomic E-state index is 0.454. The van der Waals surface area contributed by atoms with Crippen LogP contribution >= 0.6 is 0 Å². The molecule has 58 valence electrons. The number of ether oxygens (including phenoxy) is 1. The molecular weight excluding hydrogens is 124 g/mol. The first-order valence-corrected chi connectivity index (χ1v) is 4.15. The Balaban J connectivity index is 2.45. The van der Waals surface area contributed by atoms with Crippen LogP contribution in [0.2, 0.25) is 0 Å². The molecular formula is C9H16O. The van der Waals surface area contributed by atoms with Crippen molar-refractivity contribution in [2.24, 2.45) is 0 Å². The molecule has 0 saturated carbocycles. The van der Waals surface area contributed by atoms with Crippen molar-refractivity contribution in [1.82, 2.24) is 0 Å². The van der Waals surface area contributed by atoms with E-state index >= 15 is 0 Å². The van der Waals surface area contributed by atoms with E-state index in [1.807, 2.05) is 0 Å². The molecule has 0 aromatic heterocycles. The van der Waals surface area contributed by atoms with E-state index in [9.17, 15) is 0 Å². The van der Waals surface area contributed by atoms with Gasteiger partial charge in [-0.15, -0.1) is 0 Å². The van der Waals surface area contributed by atoms with Gasteiger partial charge in [0.25, 0.3) is 0 Å². The zero-order valence-electron chi connectivity index (χ0n) is 6.89. The summed E-state index contributed by atoms with van der Waals surface area (Å²) in [5.74, 6) is 0. The van der Waals surface area contributed by atoms with E-state index in [4.69, 9.17) is 4.74 Å². The van der Waals surface area contributed by atoms with Gasteiger partial charge in [0.2, 0.25) is 0 Å². The topological polar surface area (TPSA) is 9.23 Å². The molecule has 10 heavy (non-hydrogen) atoms. The van der Waals surface area contributed by atoms with Crippen molar-refractivity contribution in [1.29, 1.82) is 0 Å². The number of rotatable bonds is 2. The van der Waals surface area contributed by atoms with Crippen molar-refractivity contribution in [3.8, 4) is 0 Å². The quantitative estimate of drug-likeness (QED) is 0.535. The Morgan fingerprint density at radius 3 is 2.90 bits per heavy atom. The highest BCUT2D eigenvalue weighted by Gasteiger charge is 2.17. The summed E-state index contributed by atoms with van der Waals surface area (Å²) in [4.78, 5) is 0. The molecule has 0 amide bonds. The van der Waals surface area contributed by atoms with Gasteiger partial charge in [0.1, 0.15) is 0 Å². The van der Waals surface area contributed by atoms with Crippen LogP contribution in [0.4, 0.5) is 0 Å². The highest BCUT2D eigenvalue weighted by molar-refractivity contribution is 5.07. The first-order chi connectivity index (χ1) is 4.88. The fourth-order valence-electron chi connectivity index (χ4n) is 1.49. The predicted octanol–water partition coefficient (Wildman–Crippen LogP) is 2.52. The lowest BCUT2D eigenvalue weighted by molar-refractivity contribution is 0.135. The maximum Gasteiger partial charge on any atom is 0.0785 e. The highest BCUT2D eigenvalue weighted by atomic mass is 16.5. The van der Waals surface area contributed by atoms with E-state index in [0.29, 0.717) is 6.10 Å². The summed E-state index contributed by atoms with van der Waals surface area (Å²) in [5, 5.41) is 0. The molecule has 1 aliphatic rings. The summed E-state index contributed by atoms with van der Waals surface area (Å²) in [5.41, 5.74) is 1.47. The van der Waals surface area contributed by atoms with Gasteiger partial charge < -0.3 is 4.74 Å². The second kappa shape index (κ2) is 3.77. The molecule has 1 unspecified atom stereocenters. The molecule has 0 N–H and O–H groups in total. The average molecular weight is 140 g/mol. The summed E-state index contributed by atoms with van der Waals surface area (Å²) in [6.45, 7) is 5.25. The van der Waals surface area contributed by atoms with Crippen LogP contribution in [-0.4, -0.2) is 12.7 Å². The van der Waals surface area contributed by atoms with Crippen LogP contribution in [0.25, 0.3) is 0 Å². The molecule has 0 aromatic rings. The van der Waals surface area contributed by atoms with E-state index in [0.717, 1.165) is 13.0 Å². The van der Waals surface area contributed by atoms with Gasteiger partial charge in [-0.2, -0.15) is 0 Å². The van der Waals surface area contributed by atoms with Crippen LogP contribution in [0.3, 0.4) is 0 Å². The highest BCUT2D eigenvalue weighted by Crippen LogP contribution is 2.21. The fraction of sp³-hybridized carbons (Fsp3) is 0.778. The van der Waals surface area contributed by atoms with Crippen molar-refractivity contribution in [2.45, 2.75) is 39.2 Å². The van der Waals surface area contributed by atoms with E-state index in [2.05, 4.69) is 19.9 Å². The molecule has 1 nitrogen and oxygen atoms in total. The van der Waals surface area contributed by atoms with Gasteiger partial charge in [-0.3, -0.25) is 0 Å². The van der Waals surface area contributed by atoms with Gasteiger partial charge in [0.15, 0.2) is 0 Å². The van der Waals surface area contributed by atoms with Crippen LogP contribution in [0.15, 0.2) is 11.6 Å². The summed E-state index contributed by atoms with van der Waals surface area (Å²) < 4.78 is 5.53. The van der Waals surface area contributed by atoms with Crippen LogP contribution in [0, 0.1) is 0 Å². The Morgan fingerprint density at radius 1 is 1.70 bits per heavy atom. The molecule has 0 spiro atoms. The lowest BCUT2D eigenvalue weighted by atomic mass is 10.0. The predicted molar refractivity (Wildman–Crippen MR) is 43.0 cm³/mol. The summed E-state index contributed by atoms with van der Waals surface area (Å²) in [6.07, 6.45) is 6.25. The van der Waals surface area contributed by atoms with Crippen LogP contribution in [0.1, 0.15) is 33.1 Å². The SMILES string of the molecule is C/C=C(/CC)C1CCCO1. The Bertz CT molecular complexity index is 121. The van der Waals surface area contributed by atoms with Gasteiger partial charge >= 0.3 is 0 Å². The maximum atomic E-state index is 5.53. The molecule has 1 rings (SSSR count). The minimum Gasteiger partial charge on any atom is -0.374 e. The summed E-state index contributed by atoms with van der Waals surface area (Å²) in [6, 6.07) is 0. The third-order valence-electron chi connectivity index (χ3n) is 2.12. The third kappa shape index (κ3) is 1.60. The van der Waals surface area contributed by atoms with E-state index in [-0.39, 0.29) is 0 Å². The molecule has 0 bridgehead atoms. The zero-order valence-corrected chi connectivity index (χ0v) is 6.89. The lowest BCUT2D eigenvalue weighted by Crippen LogP contribution is -2.07. The van der Waals surface area contributed by atoms with E-state index < -0.39 is 0 Å². The van der Waals surface area contributed by atoms with Gasteiger partial charge in [-0.1, -0.05) is 13.0 Å². The Morgan fingerprint density at radius 2 is 2.50 bits per heavy atom. The Labute approximate surface area is 63.1 Å². The Hall–Kier alpha value is -0.300. The summed E-state index contributed by atoms with van der Waals surface area (Å²) >= 11 is 0. The molecule has 0 aliphatic carbocycles. The van der Waals surface area contributed by atoms with Gasteiger partial charge in [0, 0.05) is 6.61 Å². The van der Waals surface area contributed by atoms with E-state index in [1.54, 1.807) is 0 Å². The first kappa shape index (κ1) is 7.80. The standard InChI is InChI=1S/C9H16O/c1-3-8(4-2)9-6-5-7-10-9/h3,9H,4-7H2,1-2H3/b8-3-. The maximum absolute atomic E-state index is 5.53. The Kier molecular flexibility index (Phi) is 2.94. The smallest absolute Gasteiger partial charge is 0.0785 e. The largest absolute Gasteiger partial charge is 0.374 e. The van der Waals surface area contributed by atoms with Crippen LogP contribution < -0.4 is 0 Å². The molecule has 1 heterocycles. The van der Waals surface area contributed by atoms with Crippen molar-refractivity contribution in [3.63, 3.8) is 0 Å². The molecule has 1 atom stereocenters. The fourth-order valence-corrected chi connectivity index (χ4v) is 1.49. The van der Waals surface area contributed by atoms with Crippen molar-refractivity contribution < 1.29 is 4.74 Å². The molecule has 1 fully saturated rings. The van der Waals surface area contributed by atoms with Crippen molar-refractivity contribution in [2.75, 3.05) is 6.61 Å². The second-order valence-corrected chi connectivity index (χ2v) is 2.72. The molecule has 0 radical (unpaired) electrons.